The van der Waals surface area contributed by atoms with E-state index in [9.17, 15) is 18.0 Å². The summed E-state index contributed by atoms with van der Waals surface area (Å²) in [5.74, 6) is -0.000198. The van der Waals surface area contributed by atoms with Crippen LogP contribution in [-0.4, -0.2) is 72.1 Å². The van der Waals surface area contributed by atoms with Crippen molar-refractivity contribution in [3.8, 4) is 0 Å². The lowest BCUT2D eigenvalue weighted by molar-refractivity contribution is 0.184. The molecule has 14 heteroatoms. The summed E-state index contributed by atoms with van der Waals surface area (Å²) < 4.78 is 44.9. The number of anilines is 1. The number of hydrogen-bond donors (Lipinski definition) is 3. The van der Waals surface area contributed by atoms with E-state index in [1.807, 2.05) is 5.48 Å². The number of hydroxylamine groups is 1. The van der Waals surface area contributed by atoms with Crippen molar-refractivity contribution in [2.75, 3.05) is 39.0 Å². The molecule has 1 aliphatic rings. The molecule has 1 aromatic carbocycles. The van der Waals surface area contributed by atoms with Crippen LogP contribution in [0.25, 0.3) is 0 Å². The third kappa shape index (κ3) is 4.95. The average Bonchev–Trinajstić information content (AvgIpc) is 3.12. The minimum absolute atomic E-state index is 0.0378. The third-order valence-corrected chi connectivity index (χ3v) is 7.00. The molecule has 0 saturated carbocycles. The van der Waals surface area contributed by atoms with E-state index in [1.165, 1.54) is 40.9 Å². The van der Waals surface area contributed by atoms with Crippen LogP contribution >= 0.6 is 15.9 Å². The highest BCUT2D eigenvalue weighted by Gasteiger charge is 2.36. The number of halogens is 2. The lowest BCUT2D eigenvalue weighted by Crippen LogP contribution is -2.53. The number of amidine groups is 1. The van der Waals surface area contributed by atoms with Crippen LogP contribution in [0.15, 0.2) is 32.3 Å². The molecule has 0 atom stereocenters. The van der Waals surface area contributed by atoms with Gasteiger partial charge in [0, 0.05) is 33.7 Å². The standard InChI is InChI=1S/C16H21BrFN7O4S/c1-24(2)30(27,28)25-8-10(9-25)5-6-19-15-14(22-29-23-15)16(21-26)20-11-3-4-13(18)12(17)7-11/h3-4,7,10,26H,5-6,8-9H2,1-2H3,(H,19,23)(H,20,21). The lowest BCUT2D eigenvalue weighted by Gasteiger charge is -2.39. The van der Waals surface area contributed by atoms with Gasteiger partial charge < -0.3 is 5.32 Å². The Hall–Kier alpha value is -2.13. The Bertz CT molecular complexity index is 1020. The van der Waals surface area contributed by atoms with Crippen molar-refractivity contribution < 1.29 is 22.6 Å². The van der Waals surface area contributed by atoms with Crippen molar-refractivity contribution in [2.45, 2.75) is 6.42 Å². The van der Waals surface area contributed by atoms with E-state index < -0.39 is 16.0 Å². The van der Waals surface area contributed by atoms with Gasteiger partial charge in [-0.2, -0.15) is 17.0 Å². The Labute approximate surface area is 181 Å². The monoisotopic (exact) mass is 505 g/mol. The molecule has 3 rings (SSSR count). The van der Waals surface area contributed by atoms with Crippen LogP contribution in [-0.2, 0) is 10.2 Å². The molecule has 164 valence electrons. The van der Waals surface area contributed by atoms with E-state index in [1.54, 1.807) is 0 Å². The fraction of sp³-hybridized carbons (Fsp3) is 0.438. The van der Waals surface area contributed by atoms with Crippen LogP contribution in [0.5, 0.6) is 0 Å². The fourth-order valence-corrected chi connectivity index (χ4v) is 4.42. The van der Waals surface area contributed by atoms with Crippen molar-refractivity contribution >= 4 is 43.5 Å². The van der Waals surface area contributed by atoms with Gasteiger partial charge in [0.2, 0.25) is 5.82 Å². The topological polar surface area (TPSA) is 136 Å². The van der Waals surface area contributed by atoms with E-state index in [0.29, 0.717) is 31.7 Å². The molecule has 1 saturated heterocycles. The molecular formula is C16H21BrFN7O4S. The van der Waals surface area contributed by atoms with Gasteiger partial charge in [-0.15, -0.1) is 0 Å². The predicted octanol–water partition coefficient (Wildman–Crippen LogP) is 1.57. The summed E-state index contributed by atoms with van der Waals surface area (Å²) >= 11 is 3.08. The van der Waals surface area contributed by atoms with Crippen LogP contribution in [0.2, 0.25) is 0 Å². The summed E-state index contributed by atoms with van der Waals surface area (Å²) in [6.07, 6.45) is 0.704. The maximum Gasteiger partial charge on any atom is 0.281 e. The molecule has 30 heavy (non-hydrogen) atoms. The molecule has 0 unspecified atom stereocenters. The quantitative estimate of drug-likeness (QED) is 0.279. The van der Waals surface area contributed by atoms with Crippen molar-refractivity contribution in [3.63, 3.8) is 0 Å². The molecule has 2 heterocycles. The molecule has 2 aromatic rings. The van der Waals surface area contributed by atoms with Crippen molar-refractivity contribution in [2.24, 2.45) is 10.9 Å². The molecule has 1 aromatic heterocycles. The first-order chi connectivity index (χ1) is 14.2. The Kier molecular flexibility index (Phi) is 7.02. The highest BCUT2D eigenvalue weighted by Crippen LogP contribution is 2.25. The van der Waals surface area contributed by atoms with Gasteiger partial charge in [0.05, 0.1) is 10.2 Å². The summed E-state index contributed by atoms with van der Waals surface area (Å²) in [5, 5.41) is 20.0. The predicted molar refractivity (Wildman–Crippen MR) is 110 cm³/mol. The Balaban J connectivity index is 1.59. The Morgan fingerprint density at radius 1 is 1.43 bits per heavy atom. The molecule has 0 amide bonds. The molecule has 0 aliphatic carbocycles. The van der Waals surface area contributed by atoms with E-state index in [-0.39, 0.29) is 27.7 Å². The second-order valence-corrected chi connectivity index (χ2v) is 9.82. The van der Waals surface area contributed by atoms with Crippen LogP contribution < -0.4 is 10.8 Å². The fourth-order valence-electron chi connectivity index (χ4n) is 2.79. The van der Waals surface area contributed by atoms with Crippen LogP contribution in [0.3, 0.4) is 0 Å². The van der Waals surface area contributed by atoms with Gasteiger partial charge in [0.1, 0.15) is 5.82 Å². The number of hydrogen-bond acceptors (Lipinski definition) is 8. The van der Waals surface area contributed by atoms with E-state index in [0.717, 1.165) is 0 Å². The Morgan fingerprint density at radius 2 is 2.17 bits per heavy atom. The minimum Gasteiger partial charge on any atom is -0.365 e. The zero-order chi connectivity index (χ0) is 21.9. The molecule has 3 N–H and O–H groups in total. The van der Waals surface area contributed by atoms with Gasteiger partial charge in [-0.3, -0.25) is 10.7 Å². The molecule has 1 aliphatic heterocycles. The smallest absolute Gasteiger partial charge is 0.281 e. The summed E-state index contributed by atoms with van der Waals surface area (Å²) in [7, 11) is -0.363. The van der Waals surface area contributed by atoms with Crippen LogP contribution in [0, 0.1) is 11.7 Å². The molecule has 0 bridgehead atoms. The average molecular weight is 506 g/mol. The summed E-state index contributed by atoms with van der Waals surface area (Å²) in [5.41, 5.74) is 2.45. The summed E-state index contributed by atoms with van der Waals surface area (Å²) in [4.78, 5) is 4.18. The first kappa shape index (κ1) is 22.6. The highest BCUT2D eigenvalue weighted by atomic mass is 79.9. The number of aromatic nitrogens is 2. The van der Waals surface area contributed by atoms with Crippen LogP contribution in [0.4, 0.5) is 15.9 Å². The third-order valence-electron chi connectivity index (χ3n) is 4.52. The Morgan fingerprint density at radius 3 is 2.80 bits per heavy atom. The summed E-state index contributed by atoms with van der Waals surface area (Å²) in [6, 6.07) is 4.11. The maximum absolute atomic E-state index is 13.4. The van der Waals surface area contributed by atoms with Crippen molar-refractivity contribution in [1.29, 1.82) is 0 Å². The van der Waals surface area contributed by atoms with E-state index in [4.69, 9.17) is 4.63 Å². The molecule has 1 fully saturated rings. The second-order valence-electron chi connectivity index (χ2n) is 6.82. The second kappa shape index (κ2) is 9.34. The molecule has 0 spiro atoms. The van der Waals surface area contributed by atoms with E-state index >= 15 is 0 Å². The summed E-state index contributed by atoms with van der Waals surface area (Å²) in [6.45, 7) is 1.40. The molecular weight excluding hydrogens is 485 g/mol. The van der Waals surface area contributed by atoms with Gasteiger partial charge >= 0.3 is 0 Å². The van der Waals surface area contributed by atoms with Gasteiger partial charge in [-0.1, -0.05) is 0 Å². The van der Waals surface area contributed by atoms with Gasteiger partial charge in [0.15, 0.2) is 11.5 Å². The zero-order valence-electron chi connectivity index (χ0n) is 16.2. The number of benzene rings is 1. The normalized spacial score (nSPS) is 16.0. The first-order valence-electron chi connectivity index (χ1n) is 8.90. The maximum atomic E-state index is 13.4. The molecule has 0 radical (unpaired) electrons. The number of nitrogens with zero attached hydrogens (tertiary/aromatic N) is 5. The van der Waals surface area contributed by atoms with Gasteiger partial charge in [-0.05, 0) is 56.8 Å². The molecule has 11 nitrogen and oxygen atoms in total. The van der Waals surface area contributed by atoms with Crippen LogP contribution in [0.1, 0.15) is 12.1 Å². The van der Waals surface area contributed by atoms with Gasteiger partial charge in [-0.25, -0.2) is 14.0 Å². The highest BCUT2D eigenvalue weighted by molar-refractivity contribution is 9.10. The van der Waals surface area contributed by atoms with E-state index in [2.05, 4.69) is 36.6 Å². The number of rotatable bonds is 8. The SMILES string of the molecule is CN(C)S(=O)(=O)N1CC(CCNc2nonc2C(=Nc2ccc(F)c(Br)c2)NO)C1. The number of aliphatic imine (C=N–C) groups is 1. The van der Waals surface area contributed by atoms with Crippen molar-refractivity contribution in [1.82, 2.24) is 24.4 Å². The lowest BCUT2D eigenvalue weighted by atomic mass is 9.99. The zero-order valence-corrected chi connectivity index (χ0v) is 18.6. The van der Waals surface area contributed by atoms with Gasteiger partial charge in [0.25, 0.3) is 10.2 Å². The minimum atomic E-state index is -3.37. The van der Waals surface area contributed by atoms with Crippen molar-refractivity contribution in [3.05, 3.63) is 34.2 Å². The first-order valence-corrected chi connectivity index (χ1v) is 11.1. The number of nitrogens with one attached hydrogen (secondary N) is 2. The largest absolute Gasteiger partial charge is 0.365 e.